The molecule has 1 atom stereocenters. The molecule has 1 N–H and O–H groups in total. The van der Waals surface area contributed by atoms with Crippen LogP contribution in [0.25, 0.3) is 11.3 Å². The minimum absolute atomic E-state index is 0.170. The lowest BCUT2D eigenvalue weighted by Gasteiger charge is -2.35. The van der Waals surface area contributed by atoms with E-state index in [0.29, 0.717) is 17.9 Å². The van der Waals surface area contributed by atoms with E-state index >= 15 is 0 Å². The van der Waals surface area contributed by atoms with E-state index in [0.717, 1.165) is 41.8 Å². The largest absolute Gasteiger partial charge is 0.356 e. The molecule has 1 fully saturated rings. The number of halogens is 1. The van der Waals surface area contributed by atoms with E-state index in [1.165, 1.54) is 12.1 Å². The summed E-state index contributed by atoms with van der Waals surface area (Å²) in [7, 11) is 0. The van der Waals surface area contributed by atoms with Crippen LogP contribution in [0.1, 0.15) is 52.6 Å². The topological polar surface area (TPSA) is 75.0 Å². The van der Waals surface area contributed by atoms with Crippen molar-refractivity contribution in [2.75, 3.05) is 6.54 Å². The predicted molar refractivity (Wildman–Crippen MR) is 97.6 cm³/mol. The number of piperidine rings is 1. The Morgan fingerprint density at radius 1 is 1.33 bits per heavy atom. The van der Waals surface area contributed by atoms with Gasteiger partial charge in [-0.15, -0.1) is 0 Å². The molecule has 0 saturated carbocycles. The van der Waals surface area contributed by atoms with Crippen LogP contribution in [-0.4, -0.2) is 32.7 Å². The van der Waals surface area contributed by atoms with Crippen LogP contribution in [0.2, 0.25) is 0 Å². The van der Waals surface area contributed by atoms with Crippen LogP contribution < -0.4 is 0 Å². The number of aromatic amines is 1. The lowest BCUT2D eigenvalue weighted by Crippen LogP contribution is -2.39. The zero-order valence-corrected chi connectivity index (χ0v) is 15.3. The van der Waals surface area contributed by atoms with E-state index in [1.807, 2.05) is 13.8 Å². The van der Waals surface area contributed by atoms with Crippen LogP contribution in [0, 0.1) is 19.7 Å². The summed E-state index contributed by atoms with van der Waals surface area (Å²) in [5.41, 5.74) is 3.79. The smallest absolute Gasteiger partial charge is 0.254 e. The molecule has 3 aromatic rings. The van der Waals surface area contributed by atoms with E-state index in [1.54, 1.807) is 23.2 Å². The van der Waals surface area contributed by atoms with Crippen LogP contribution in [0.5, 0.6) is 0 Å². The zero-order chi connectivity index (χ0) is 19.0. The first-order valence-electron chi connectivity index (χ1n) is 9.09. The first kappa shape index (κ1) is 17.5. The number of H-pyrrole nitrogens is 1. The summed E-state index contributed by atoms with van der Waals surface area (Å²) >= 11 is 0. The molecule has 2 aromatic heterocycles. The lowest BCUT2D eigenvalue weighted by molar-refractivity contribution is 0.0606. The maximum absolute atomic E-state index is 13.6. The van der Waals surface area contributed by atoms with Crippen molar-refractivity contribution in [2.45, 2.75) is 39.2 Å². The molecule has 1 aliphatic rings. The van der Waals surface area contributed by atoms with E-state index < -0.39 is 5.82 Å². The Bertz CT molecular complexity index is 978. The summed E-state index contributed by atoms with van der Waals surface area (Å²) in [6.07, 6.45) is 4.44. The van der Waals surface area contributed by atoms with Gasteiger partial charge in [0.05, 0.1) is 29.2 Å². The highest BCUT2D eigenvalue weighted by molar-refractivity contribution is 5.94. The second-order valence-corrected chi connectivity index (χ2v) is 6.94. The van der Waals surface area contributed by atoms with Crippen molar-refractivity contribution in [1.29, 1.82) is 0 Å². The maximum atomic E-state index is 13.6. The molecule has 6 nitrogen and oxygen atoms in total. The van der Waals surface area contributed by atoms with Crippen LogP contribution in [0.3, 0.4) is 0 Å². The quantitative estimate of drug-likeness (QED) is 0.752. The molecule has 7 heteroatoms. The van der Waals surface area contributed by atoms with Gasteiger partial charge in [0.15, 0.2) is 5.76 Å². The predicted octanol–water partition coefficient (Wildman–Crippen LogP) is 4.19. The molecular formula is C20H21FN4O2. The fraction of sp³-hybridized carbons (Fsp3) is 0.350. The molecule has 27 heavy (non-hydrogen) atoms. The number of likely N-dealkylation sites (tertiary alicyclic amines) is 1. The molecule has 140 valence electrons. The SMILES string of the molecule is Cc1noc(-c2cn[nH]c2[C@H]2CCCCN2C(=O)c2cccc(F)c2)c1C. The number of benzene rings is 1. The molecule has 0 aliphatic carbocycles. The van der Waals surface area contributed by atoms with Crippen LogP contribution in [0.4, 0.5) is 4.39 Å². The molecular weight excluding hydrogens is 347 g/mol. The molecule has 3 heterocycles. The van der Waals surface area contributed by atoms with Gasteiger partial charge in [0.1, 0.15) is 5.82 Å². The van der Waals surface area contributed by atoms with Gasteiger partial charge in [-0.1, -0.05) is 11.2 Å². The third-order valence-electron chi connectivity index (χ3n) is 5.24. The standard InChI is InChI=1S/C20H21FN4O2/c1-12-13(2)24-27-19(12)16-11-22-23-18(16)17-8-3-4-9-25(17)20(26)14-6-5-7-15(21)10-14/h5-7,10-11,17H,3-4,8-9H2,1-2H3,(H,22,23)/t17-/m1/s1. The summed E-state index contributed by atoms with van der Waals surface area (Å²) in [4.78, 5) is 14.9. The maximum Gasteiger partial charge on any atom is 0.254 e. The fourth-order valence-electron chi connectivity index (χ4n) is 3.66. The van der Waals surface area contributed by atoms with E-state index in [2.05, 4.69) is 15.4 Å². The molecule has 0 unspecified atom stereocenters. The van der Waals surface area contributed by atoms with Crippen molar-refractivity contribution >= 4 is 5.91 Å². The summed E-state index contributed by atoms with van der Waals surface area (Å²) in [6, 6.07) is 5.66. The second-order valence-electron chi connectivity index (χ2n) is 6.94. The number of hydrogen-bond acceptors (Lipinski definition) is 4. The van der Waals surface area contributed by atoms with Gasteiger partial charge in [0.25, 0.3) is 5.91 Å². The van der Waals surface area contributed by atoms with E-state index in [9.17, 15) is 9.18 Å². The first-order valence-corrected chi connectivity index (χ1v) is 9.09. The highest BCUT2D eigenvalue weighted by Gasteiger charge is 2.32. The minimum atomic E-state index is -0.413. The van der Waals surface area contributed by atoms with Crippen molar-refractivity contribution < 1.29 is 13.7 Å². The van der Waals surface area contributed by atoms with Crippen LogP contribution >= 0.6 is 0 Å². The van der Waals surface area contributed by atoms with Gasteiger partial charge in [-0.2, -0.15) is 5.10 Å². The Balaban J connectivity index is 1.71. The summed E-state index contributed by atoms with van der Waals surface area (Å²) < 4.78 is 19.1. The average molecular weight is 368 g/mol. The van der Waals surface area contributed by atoms with Gasteiger partial charge < -0.3 is 9.42 Å². The van der Waals surface area contributed by atoms with Gasteiger partial charge in [0, 0.05) is 17.7 Å². The average Bonchev–Trinajstić information content (AvgIpc) is 3.28. The van der Waals surface area contributed by atoms with Crippen molar-refractivity contribution in [2.24, 2.45) is 0 Å². The van der Waals surface area contributed by atoms with Gasteiger partial charge in [-0.25, -0.2) is 4.39 Å². The number of carbonyl (C=O) groups is 1. The van der Waals surface area contributed by atoms with Gasteiger partial charge in [-0.05, 0) is 51.3 Å². The normalized spacial score (nSPS) is 17.3. The molecule has 1 amide bonds. The summed E-state index contributed by atoms with van der Waals surface area (Å²) in [5, 5.41) is 11.3. The van der Waals surface area contributed by atoms with Crippen molar-refractivity contribution in [3.63, 3.8) is 0 Å². The molecule has 1 aliphatic heterocycles. The first-order chi connectivity index (χ1) is 13.1. The Hall–Kier alpha value is -2.96. The highest BCUT2D eigenvalue weighted by atomic mass is 19.1. The number of carbonyl (C=O) groups excluding carboxylic acids is 1. The molecule has 4 rings (SSSR count). The van der Waals surface area contributed by atoms with Gasteiger partial charge >= 0.3 is 0 Å². The lowest BCUT2D eigenvalue weighted by atomic mass is 9.94. The third kappa shape index (κ3) is 3.13. The van der Waals surface area contributed by atoms with Crippen molar-refractivity contribution in [1.82, 2.24) is 20.3 Å². The number of amides is 1. The number of hydrogen-bond donors (Lipinski definition) is 1. The van der Waals surface area contributed by atoms with Gasteiger partial charge in [-0.3, -0.25) is 9.89 Å². The number of nitrogens with one attached hydrogen (secondary N) is 1. The van der Waals surface area contributed by atoms with Crippen molar-refractivity contribution in [3.05, 3.63) is 58.8 Å². The van der Waals surface area contributed by atoms with Crippen LogP contribution in [-0.2, 0) is 0 Å². The Morgan fingerprint density at radius 2 is 2.19 bits per heavy atom. The van der Waals surface area contributed by atoms with E-state index in [-0.39, 0.29) is 11.9 Å². The number of nitrogens with zero attached hydrogens (tertiary/aromatic N) is 3. The summed E-state index contributed by atoms with van der Waals surface area (Å²) in [5.74, 6) is 0.0783. The Morgan fingerprint density at radius 3 is 2.93 bits per heavy atom. The Labute approximate surface area is 156 Å². The van der Waals surface area contributed by atoms with Crippen LogP contribution in [0.15, 0.2) is 35.0 Å². The number of aryl methyl sites for hydroxylation is 1. The molecule has 1 saturated heterocycles. The zero-order valence-electron chi connectivity index (χ0n) is 15.3. The second kappa shape index (κ2) is 6.98. The molecule has 0 bridgehead atoms. The third-order valence-corrected chi connectivity index (χ3v) is 5.24. The number of rotatable bonds is 3. The highest BCUT2D eigenvalue weighted by Crippen LogP contribution is 2.37. The summed E-state index contributed by atoms with van der Waals surface area (Å²) in [6.45, 7) is 4.46. The van der Waals surface area contributed by atoms with Gasteiger partial charge in [0.2, 0.25) is 0 Å². The Kier molecular flexibility index (Phi) is 4.51. The fourth-order valence-corrected chi connectivity index (χ4v) is 3.66. The molecule has 0 radical (unpaired) electrons. The van der Waals surface area contributed by atoms with E-state index in [4.69, 9.17) is 4.52 Å². The number of aromatic nitrogens is 3. The monoisotopic (exact) mass is 368 g/mol. The van der Waals surface area contributed by atoms with Crippen molar-refractivity contribution in [3.8, 4) is 11.3 Å². The molecule has 1 aromatic carbocycles. The molecule has 0 spiro atoms. The minimum Gasteiger partial charge on any atom is -0.356 e.